The van der Waals surface area contributed by atoms with Gasteiger partial charge in [-0.05, 0) is 43.4 Å². The van der Waals surface area contributed by atoms with Crippen molar-refractivity contribution in [2.24, 2.45) is 0 Å². The van der Waals surface area contributed by atoms with Gasteiger partial charge in [0, 0.05) is 27.3 Å². The zero-order valence-electron chi connectivity index (χ0n) is 43.3. The molecule has 4 fully saturated rings. The molecule has 440 valence electrons. The van der Waals surface area contributed by atoms with Crippen LogP contribution in [0.4, 0.5) is 0 Å². The Hall–Kier alpha value is -3.64. The molecule has 5 rings (SSSR count). The summed E-state index contributed by atoms with van der Waals surface area (Å²) >= 11 is 0. The number of carbonyl (C=O) groups excluding carboxylic acids is 3. The molecule has 0 aromatic heterocycles. The second-order valence-electron chi connectivity index (χ2n) is 19.3. The van der Waals surface area contributed by atoms with E-state index in [0.29, 0.717) is 17.9 Å². The Labute approximate surface area is 446 Å². The van der Waals surface area contributed by atoms with Gasteiger partial charge in [-0.1, -0.05) is 50.5 Å². The van der Waals surface area contributed by atoms with Gasteiger partial charge in [-0.3, -0.25) is 18.9 Å². The predicted molar refractivity (Wildman–Crippen MR) is 263 cm³/mol. The van der Waals surface area contributed by atoms with Crippen LogP contribution in [-0.2, 0) is 68.7 Å². The fraction of sp³-hybridized carbons (Fsp3) is 0.771. The minimum Gasteiger partial charge on any atom is -0.494 e. The van der Waals surface area contributed by atoms with Crippen molar-refractivity contribution in [2.75, 3.05) is 33.0 Å². The number of allylic oxidation sites excluding steroid dienone is 2. The Kier molecular flexibility index (Phi) is 25.7. The molecule has 9 unspecified atom stereocenters. The summed E-state index contributed by atoms with van der Waals surface area (Å²) in [6.45, 7) is 2.05. The van der Waals surface area contributed by atoms with E-state index in [1.54, 1.807) is 24.3 Å². The van der Waals surface area contributed by atoms with Gasteiger partial charge in [0.15, 0.2) is 25.2 Å². The Bertz CT molecular complexity index is 2130. The van der Waals surface area contributed by atoms with Crippen LogP contribution < -0.4 is 26.0 Å². The van der Waals surface area contributed by atoms with Crippen LogP contribution in [0.25, 0.3) is 0 Å². The zero-order chi connectivity index (χ0) is 56.6. The van der Waals surface area contributed by atoms with Crippen LogP contribution in [0.15, 0.2) is 36.4 Å². The van der Waals surface area contributed by atoms with Crippen LogP contribution in [0.1, 0.15) is 78.2 Å². The van der Waals surface area contributed by atoms with Crippen molar-refractivity contribution in [1.29, 1.82) is 0 Å². The highest BCUT2D eigenvalue weighted by Crippen LogP contribution is 2.35. The number of aliphatic hydroxyl groups excluding tert-OH is 9. The average Bonchev–Trinajstić information content (AvgIpc) is 3.37. The van der Waals surface area contributed by atoms with Gasteiger partial charge in [0.1, 0.15) is 97.1 Å². The first-order chi connectivity index (χ1) is 36.6. The van der Waals surface area contributed by atoms with Crippen molar-refractivity contribution in [1.82, 2.24) is 21.3 Å². The molecule has 1 aromatic carbocycles. The first-order valence-corrected chi connectivity index (χ1v) is 27.0. The molecule has 29 heteroatoms. The highest BCUT2D eigenvalue weighted by Gasteiger charge is 2.56. The Morgan fingerprint density at radius 2 is 1.10 bits per heavy atom. The molecule has 4 aliphatic rings. The maximum Gasteiger partial charge on any atom is 0.397 e. The number of hydrogen-bond donors (Lipinski definition) is 14. The number of aliphatic hydroxyl groups is 9. The van der Waals surface area contributed by atoms with Crippen molar-refractivity contribution in [2.45, 2.75) is 202 Å². The number of carbonyl (C=O) groups is 3. The van der Waals surface area contributed by atoms with Crippen LogP contribution in [0.5, 0.6) is 5.75 Å². The SMILES string of the molecule is CCCCCC/C=C\CCCOc1cccc(CNC2[C@H](O[C@H]3C(O)C(NC(C)=O)[C@H](O[C@@H]4C(CO)O[C@@H](O[C@H]5C(O)C(NC(C)=O)C(O)O[C@H]5COS(=O)(=O)O)C(NC(C)=O)[C@H]4O)O[C@H]3CO)OC(CO)[C@@H](O)[C@@H]2O)c1. The van der Waals surface area contributed by atoms with Crippen molar-refractivity contribution in [3.63, 3.8) is 0 Å². The molecule has 4 heterocycles. The molecule has 0 radical (unpaired) electrons. The standard InChI is InChI=1S/C48H78N4O24S/c1-5-6-7-8-9-10-11-12-13-17-68-28-16-14-15-27(18-28)19-49-34-38(60)37(59)29(20-53)71-46(34)74-42-30(21-54)72-47(35(40(42)62)51-25(3)57)75-43-31(22-55)73-48(36(41(43)63)52-26(4)58)76-44-32(23-69-77(65,66)67)70-45(64)33(39(44)61)50-24(2)56/h10-11,14-16,18,29-49,53-55,59-64H,5-9,12-13,17,19-23H2,1-4H3,(H,50,56)(H,51,57)(H,52,58)(H,65,66,67)/b11-10-/t29?,30-,31?,32-,33?,34?,35?,36?,37+,38+,39?,40?,41+,42+,43+,44+,45?,46-,47-,48-/m0/s1. The molecular formula is C48H78N4O24S. The van der Waals surface area contributed by atoms with E-state index in [1.807, 2.05) is 0 Å². The van der Waals surface area contributed by atoms with E-state index < -0.39 is 177 Å². The van der Waals surface area contributed by atoms with E-state index in [2.05, 4.69) is 44.5 Å². The first-order valence-electron chi connectivity index (χ1n) is 25.6. The Morgan fingerprint density at radius 1 is 0.610 bits per heavy atom. The lowest BCUT2D eigenvalue weighted by molar-refractivity contribution is -0.362. The number of nitrogens with one attached hydrogen (secondary N) is 4. The van der Waals surface area contributed by atoms with E-state index >= 15 is 0 Å². The minimum absolute atomic E-state index is 0.0545. The normalized spacial score (nSPS) is 35.8. The van der Waals surface area contributed by atoms with Crippen LogP contribution in [0.3, 0.4) is 0 Å². The van der Waals surface area contributed by atoms with Crippen molar-refractivity contribution >= 4 is 28.1 Å². The summed E-state index contributed by atoms with van der Waals surface area (Å²) in [5.74, 6) is -1.75. The Morgan fingerprint density at radius 3 is 1.62 bits per heavy atom. The third-order valence-corrected chi connectivity index (χ3v) is 13.7. The second kappa shape index (κ2) is 30.8. The van der Waals surface area contributed by atoms with Gasteiger partial charge >= 0.3 is 10.4 Å². The number of unbranched alkanes of at least 4 members (excludes halogenated alkanes) is 5. The monoisotopic (exact) mass is 1130 g/mol. The highest BCUT2D eigenvalue weighted by atomic mass is 32.3. The quantitative estimate of drug-likeness (QED) is 0.0216. The highest BCUT2D eigenvalue weighted by molar-refractivity contribution is 7.80. The summed E-state index contributed by atoms with van der Waals surface area (Å²) < 4.78 is 84.3. The molecule has 20 atom stereocenters. The maximum atomic E-state index is 12.7. The largest absolute Gasteiger partial charge is 0.494 e. The summed E-state index contributed by atoms with van der Waals surface area (Å²) in [4.78, 5) is 37.3. The van der Waals surface area contributed by atoms with Gasteiger partial charge in [-0.15, -0.1) is 0 Å². The number of amides is 3. The molecule has 0 saturated carbocycles. The lowest BCUT2D eigenvalue weighted by Gasteiger charge is -2.51. The molecule has 4 aliphatic heterocycles. The third-order valence-electron chi connectivity index (χ3n) is 13.3. The smallest absolute Gasteiger partial charge is 0.397 e. The average molecular weight is 1130 g/mol. The van der Waals surface area contributed by atoms with E-state index in [1.165, 1.54) is 25.7 Å². The van der Waals surface area contributed by atoms with Gasteiger partial charge in [-0.2, -0.15) is 8.42 Å². The summed E-state index contributed by atoms with van der Waals surface area (Å²) in [7, 11) is -5.15. The first kappa shape index (κ1) is 64.2. The van der Waals surface area contributed by atoms with Gasteiger partial charge in [-0.25, -0.2) is 4.18 Å². The molecular weight excluding hydrogens is 1050 g/mol. The molecule has 4 saturated heterocycles. The van der Waals surface area contributed by atoms with Gasteiger partial charge in [0.2, 0.25) is 17.7 Å². The molecule has 3 amide bonds. The van der Waals surface area contributed by atoms with Crippen LogP contribution in [0.2, 0.25) is 0 Å². The van der Waals surface area contributed by atoms with Crippen LogP contribution in [0, 0.1) is 0 Å². The number of rotatable bonds is 28. The minimum atomic E-state index is -5.15. The Balaban J connectivity index is 1.32. The molecule has 0 bridgehead atoms. The van der Waals surface area contributed by atoms with E-state index in [0.717, 1.165) is 40.0 Å². The van der Waals surface area contributed by atoms with Gasteiger partial charge in [0.25, 0.3) is 0 Å². The molecule has 1 aromatic rings. The summed E-state index contributed by atoms with van der Waals surface area (Å²) in [6, 6.07) is 0.840. The topological polar surface area (TPSA) is 419 Å². The van der Waals surface area contributed by atoms with E-state index in [-0.39, 0.29) is 6.54 Å². The van der Waals surface area contributed by atoms with Gasteiger partial charge < -0.3 is 105 Å². The van der Waals surface area contributed by atoms with Crippen molar-refractivity contribution in [3.8, 4) is 5.75 Å². The third kappa shape index (κ3) is 18.4. The van der Waals surface area contributed by atoms with E-state index in [9.17, 15) is 73.3 Å². The lowest BCUT2D eigenvalue weighted by atomic mass is 9.93. The van der Waals surface area contributed by atoms with Crippen LogP contribution >= 0.6 is 0 Å². The predicted octanol–water partition coefficient (Wildman–Crippen LogP) is -4.01. The van der Waals surface area contributed by atoms with Crippen molar-refractivity contribution in [3.05, 3.63) is 42.0 Å². The summed E-state index contributed by atoms with van der Waals surface area (Å²) in [5, 5.41) is 110. The maximum absolute atomic E-state index is 12.7. The zero-order valence-corrected chi connectivity index (χ0v) is 44.1. The number of ether oxygens (including phenoxy) is 8. The van der Waals surface area contributed by atoms with Crippen LogP contribution in [-0.4, -0.2) is 232 Å². The summed E-state index contributed by atoms with van der Waals surface area (Å²) in [5.41, 5.74) is 0.693. The molecule has 0 spiro atoms. The molecule has 28 nitrogen and oxygen atoms in total. The van der Waals surface area contributed by atoms with Gasteiger partial charge in [0.05, 0.1) is 39.1 Å². The summed E-state index contributed by atoms with van der Waals surface area (Å²) in [6.07, 6.45) is -16.4. The molecule has 14 N–H and O–H groups in total. The molecule has 0 aliphatic carbocycles. The number of benzene rings is 1. The van der Waals surface area contributed by atoms with E-state index in [4.69, 9.17) is 37.9 Å². The fourth-order valence-electron chi connectivity index (χ4n) is 9.44. The van der Waals surface area contributed by atoms with Crippen molar-refractivity contribution < 1.29 is 115 Å². The molecule has 77 heavy (non-hydrogen) atoms. The second-order valence-corrected chi connectivity index (χ2v) is 20.3. The fourth-order valence-corrected chi connectivity index (χ4v) is 9.74. The lowest BCUT2D eigenvalue weighted by Crippen LogP contribution is -2.71. The number of hydrogen-bond acceptors (Lipinski definition) is 24.